The predicted octanol–water partition coefficient (Wildman–Crippen LogP) is 3.23. The van der Waals surface area contributed by atoms with Crippen molar-refractivity contribution >= 4 is 0 Å². The topological polar surface area (TPSA) is 60.2 Å². The Hall–Kier alpha value is -1.88. The molecule has 0 saturated heterocycles. The second kappa shape index (κ2) is 6.26. The van der Waals surface area contributed by atoms with Crippen LogP contribution in [-0.4, -0.2) is 17.3 Å². The second-order valence-corrected chi connectivity index (χ2v) is 6.16. The van der Waals surface area contributed by atoms with E-state index < -0.39 is 0 Å². The average Bonchev–Trinajstić information content (AvgIpc) is 2.95. The van der Waals surface area contributed by atoms with Crippen molar-refractivity contribution in [3.8, 4) is 5.75 Å². The van der Waals surface area contributed by atoms with Gasteiger partial charge in [0.25, 0.3) is 0 Å². The van der Waals surface area contributed by atoms with Gasteiger partial charge in [0.05, 0.1) is 13.2 Å². The van der Waals surface area contributed by atoms with Crippen LogP contribution >= 0.6 is 0 Å². The molecule has 2 aromatic rings. The normalized spacial score (nSPS) is 13.2. The average molecular weight is 289 g/mol. The van der Waals surface area contributed by atoms with E-state index in [1.165, 1.54) is 0 Å². The van der Waals surface area contributed by atoms with Crippen LogP contribution in [0, 0.1) is 0 Å². The molecule has 0 radical (unpaired) electrons. The van der Waals surface area contributed by atoms with Gasteiger partial charge in [-0.25, -0.2) is 0 Å². The first-order valence-corrected chi connectivity index (χ1v) is 7.10. The molecule has 0 bridgehead atoms. The molecule has 1 aromatic carbocycles. The minimum atomic E-state index is -0.103. The Labute approximate surface area is 125 Å². The molecule has 0 aliphatic heterocycles. The first-order valence-electron chi connectivity index (χ1n) is 7.10. The molecule has 0 fully saturated rings. The fourth-order valence-electron chi connectivity index (χ4n) is 1.86. The van der Waals surface area contributed by atoms with E-state index in [0.29, 0.717) is 12.4 Å². The number of hydrogen-bond donors (Lipinski definition) is 1. The fraction of sp³-hybridized carbons (Fsp3) is 0.500. The van der Waals surface area contributed by atoms with Crippen molar-refractivity contribution in [2.75, 3.05) is 7.11 Å². The van der Waals surface area contributed by atoms with Crippen LogP contribution in [0.3, 0.4) is 0 Å². The van der Waals surface area contributed by atoms with Crippen LogP contribution in [-0.2, 0) is 12.0 Å². The summed E-state index contributed by atoms with van der Waals surface area (Å²) in [6.07, 6.45) is 0. The molecule has 1 unspecified atom stereocenters. The third-order valence-electron chi connectivity index (χ3n) is 3.23. The van der Waals surface area contributed by atoms with E-state index in [4.69, 9.17) is 9.26 Å². The molecule has 1 heterocycles. The summed E-state index contributed by atoms with van der Waals surface area (Å²) in [6, 6.07) is 7.97. The SMILES string of the molecule is COc1cccc(CNC(C)c2nc(C(C)(C)C)no2)c1. The molecule has 0 spiro atoms. The third kappa shape index (κ3) is 4.04. The second-order valence-electron chi connectivity index (χ2n) is 6.16. The van der Waals surface area contributed by atoms with Gasteiger partial charge in [0.2, 0.25) is 5.89 Å². The van der Waals surface area contributed by atoms with Gasteiger partial charge in [-0.1, -0.05) is 38.1 Å². The molecule has 2 rings (SSSR count). The molecular weight excluding hydrogens is 266 g/mol. The van der Waals surface area contributed by atoms with Crippen molar-refractivity contribution in [2.45, 2.75) is 45.7 Å². The standard InChI is InChI=1S/C16H23N3O2/c1-11(14-18-15(19-21-14)16(2,3)4)17-10-12-7-6-8-13(9-12)20-5/h6-9,11,17H,10H2,1-5H3. The van der Waals surface area contributed by atoms with E-state index in [9.17, 15) is 0 Å². The van der Waals surface area contributed by atoms with Crippen molar-refractivity contribution in [3.63, 3.8) is 0 Å². The van der Waals surface area contributed by atoms with Gasteiger partial charge in [-0.2, -0.15) is 4.98 Å². The number of aromatic nitrogens is 2. The highest BCUT2D eigenvalue weighted by Crippen LogP contribution is 2.21. The van der Waals surface area contributed by atoms with Crippen LogP contribution < -0.4 is 10.1 Å². The van der Waals surface area contributed by atoms with Crippen molar-refractivity contribution in [1.29, 1.82) is 0 Å². The third-order valence-corrected chi connectivity index (χ3v) is 3.23. The minimum absolute atomic E-state index is 0.000184. The van der Waals surface area contributed by atoms with Crippen LogP contribution in [0.2, 0.25) is 0 Å². The highest BCUT2D eigenvalue weighted by Gasteiger charge is 2.22. The van der Waals surface area contributed by atoms with E-state index in [0.717, 1.165) is 17.1 Å². The Morgan fingerprint density at radius 3 is 2.71 bits per heavy atom. The van der Waals surface area contributed by atoms with Crippen LogP contribution in [0.5, 0.6) is 5.75 Å². The summed E-state index contributed by atoms with van der Waals surface area (Å²) < 4.78 is 10.6. The Kier molecular flexibility index (Phi) is 4.63. The molecule has 114 valence electrons. The first-order chi connectivity index (χ1) is 9.90. The number of ether oxygens (including phenoxy) is 1. The maximum absolute atomic E-state index is 5.34. The Balaban J connectivity index is 1.98. The van der Waals surface area contributed by atoms with E-state index in [1.807, 2.05) is 25.1 Å². The minimum Gasteiger partial charge on any atom is -0.497 e. The summed E-state index contributed by atoms with van der Waals surface area (Å²) in [7, 11) is 1.67. The van der Waals surface area contributed by atoms with Crippen molar-refractivity contribution in [1.82, 2.24) is 15.5 Å². The fourth-order valence-corrected chi connectivity index (χ4v) is 1.86. The first kappa shape index (κ1) is 15.5. The maximum Gasteiger partial charge on any atom is 0.243 e. The van der Waals surface area contributed by atoms with Gasteiger partial charge >= 0.3 is 0 Å². The Bertz CT molecular complexity index is 587. The van der Waals surface area contributed by atoms with Crippen molar-refractivity contribution < 1.29 is 9.26 Å². The van der Waals surface area contributed by atoms with E-state index in [1.54, 1.807) is 7.11 Å². The molecule has 1 aromatic heterocycles. The largest absolute Gasteiger partial charge is 0.497 e. The summed E-state index contributed by atoms with van der Waals surface area (Å²) in [5.74, 6) is 2.20. The van der Waals surface area contributed by atoms with Gasteiger partial charge in [-0.3, -0.25) is 0 Å². The Morgan fingerprint density at radius 2 is 2.10 bits per heavy atom. The molecule has 21 heavy (non-hydrogen) atoms. The summed E-state index contributed by atoms with van der Waals surface area (Å²) in [5.41, 5.74) is 1.05. The van der Waals surface area contributed by atoms with Gasteiger partial charge in [-0.15, -0.1) is 0 Å². The van der Waals surface area contributed by atoms with Gasteiger partial charge in [0.15, 0.2) is 5.82 Å². The zero-order chi connectivity index (χ0) is 15.5. The van der Waals surface area contributed by atoms with Gasteiger partial charge in [0, 0.05) is 12.0 Å². The number of hydrogen-bond acceptors (Lipinski definition) is 5. The number of nitrogens with zero attached hydrogens (tertiary/aromatic N) is 2. The monoisotopic (exact) mass is 289 g/mol. The van der Waals surface area contributed by atoms with Crippen molar-refractivity contribution in [3.05, 3.63) is 41.5 Å². The van der Waals surface area contributed by atoms with E-state index >= 15 is 0 Å². The summed E-state index contributed by atoms with van der Waals surface area (Å²) in [5, 5.41) is 7.42. The molecule has 0 amide bonds. The van der Waals surface area contributed by atoms with Crippen LogP contribution in [0.15, 0.2) is 28.8 Å². The highest BCUT2D eigenvalue weighted by atomic mass is 16.5. The molecule has 5 heteroatoms. The van der Waals surface area contributed by atoms with E-state index in [-0.39, 0.29) is 11.5 Å². The Morgan fingerprint density at radius 1 is 1.33 bits per heavy atom. The van der Waals surface area contributed by atoms with Crippen LogP contribution in [0.25, 0.3) is 0 Å². The number of methoxy groups -OCH3 is 1. The van der Waals surface area contributed by atoms with Crippen LogP contribution in [0.1, 0.15) is 51.0 Å². The molecule has 5 nitrogen and oxygen atoms in total. The smallest absolute Gasteiger partial charge is 0.243 e. The lowest BCUT2D eigenvalue weighted by Crippen LogP contribution is -2.19. The quantitative estimate of drug-likeness (QED) is 0.915. The maximum atomic E-state index is 5.34. The predicted molar refractivity (Wildman–Crippen MR) is 81.2 cm³/mol. The van der Waals surface area contributed by atoms with E-state index in [2.05, 4.69) is 42.3 Å². The lowest BCUT2D eigenvalue weighted by molar-refractivity contribution is 0.330. The number of rotatable bonds is 5. The van der Waals surface area contributed by atoms with Gasteiger partial charge in [-0.05, 0) is 24.6 Å². The number of benzene rings is 1. The van der Waals surface area contributed by atoms with Crippen molar-refractivity contribution in [2.24, 2.45) is 0 Å². The van der Waals surface area contributed by atoms with Crippen LogP contribution in [0.4, 0.5) is 0 Å². The summed E-state index contributed by atoms with van der Waals surface area (Å²) in [4.78, 5) is 4.46. The molecule has 0 saturated carbocycles. The summed E-state index contributed by atoms with van der Waals surface area (Å²) >= 11 is 0. The molecule has 0 aliphatic rings. The lowest BCUT2D eigenvalue weighted by Gasteiger charge is -2.12. The summed E-state index contributed by atoms with van der Waals surface area (Å²) in [6.45, 7) is 8.92. The zero-order valence-electron chi connectivity index (χ0n) is 13.3. The molecule has 1 N–H and O–H groups in total. The van der Waals surface area contributed by atoms with Gasteiger partial charge in [0.1, 0.15) is 5.75 Å². The molecule has 1 atom stereocenters. The molecule has 0 aliphatic carbocycles. The molecular formula is C16H23N3O2. The highest BCUT2D eigenvalue weighted by molar-refractivity contribution is 5.28. The zero-order valence-corrected chi connectivity index (χ0v) is 13.3. The number of nitrogens with one attached hydrogen (secondary N) is 1. The lowest BCUT2D eigenvalue weighted by atomic mass is 9.96. The van der Waals surface area contributed by atoms with Gasteiger partial charge < -0.3 is 14.6 Å².